The predicted octanol–water partition coefficient (Wildman–Crippen LogP) is 4.68. The monoisotopic (exact) mass is 488 g/mol. The van der Waals surface area contributed by atoms with E-state index in [-0.39, 0.29) is 18.1 Å². The van der Waals surface area contributed by atoms with Crippen molar-refractivity contribution in [2.24, 2.45) is 5.22 Å². The first kappa shape index (κ1) is 22.6. The molecule has 1 aliphatic carbocycles. The lowest BCUT2D eigenvalue weighted by molar-refractivity contribution is 0.0947. The highest BCUT2D eigenvalue weighted by Crippen LogP contribution is 2.44. The van der Waals surface area contributed by atoms with E-state index in [0.717, 1.165) is 18.4 Å². The quantitative estimate of drug-likeness (QED) is 0.354. The summed E-state index contributed by atoms with van der Waals surface area (Å²) in [5.74, 6) is -0.0900. The number of anilines is 1. The van der Waals surface area contributed by atoms with Crippen molar-refractivity contribution in [2.75, 3.05) is 11.9 Å². The number of carbonyl (C=O) groups is 2. The van der Waals surface area contributed by atoms with Gasteiger partial charge in [0.05, 0.1) is 36.0 Å². The van der Waals surface area contributed by atoms with E-state index in [4.69, 9.17) is 22.4 Å². The van der Waals surface area contributed by atoms with Crippen molar-refractivity contribution in [3.8, 4) is 17.3 Å². The lowest BCUT2D eigenvalue weighted by Crippen LogP contribution is -2.41. The average molecular weight is 489 g/mol. The van der Waals surface area contributed by atoms with Crippen LogP contribution in [0.1, 0.15) is 45.9 Å². The van der Waals surface area contributed by atoms with Crippen LogP contribution >= 0.6 is 11.6 Å². The number of nitriles is 1. The summed E-state index contributed by atoms with van der Waals surface area (Å²) in [7, 11) is 0. The molecule has 0 bridgehead atoms. The molecule has 1 fully saturated rings. The van der Waals surface area contributed by atoms with Crippen LogP contribution in [0.5, 0.6) is 0 Å². The van der Waals surface area contributed by atoms with Crippen molar-refractivity contribution in [1.82, 2.24) is 20.1 Å². The maximum Gasteiger partial charge on any atom is 0.322 e. The molecule has 0 unspecified atom stereocenters. The fraction of sp³-hybridized carbons (Fsp3) is 0.250. The number of carbonyl (C=O) groups excluding carboxylic acids is 2. The highest BCUT2D eigenvalue weighted by molar-refractivity contribution is 6.31. The Hall–Kier alpha value is -4.23. The molecule has 0 spiro atoms. The summed E-state index contributed by atoms with van der Waals surface area (Å²) in [6.07, 6.45) is 2.24. The third-order valence-corrected chi connectivity index (χ3v) is 6.54. The molecule has 2 aromatic carbocycles. The molecule has 10 nitrogen and oxygen atoms in total. The molecule has 11 heteroatoms. The average Bonchev–Trinajstić information content (AvgIpc) is 3.63. The van der Waals surface area contributed by atoms with E-state index in [9.17, 15) is 9.59 Å². The molecule has 0 radical (unpaired) electrons. The number of hydrogen-bond acceptors (Lipinski definition) is 6. The van der Waals surface area contributed by atoms with E-state index in [1.807, 2.05) is 24.3 Å². The fourth-order valence-corrected chi connectivity index (χ4v) is 4.60. The molecule has 176 valence electrons. The summed E-state index contributed by atoms with van der Waals surface area (Å²) in [4.78, 5) is 27.4. The highest BCUT2D eigenvalue weighted by atomic mass is 35.5. The number of hydrogen-bond donors (Lipinski definition) is 3. The molecule has 2 heterocycles. The van der Waals surface area contributed by atoms with Gasteiger partial charge >= 0.3 is 6.03 Å². The zero-order valence-electron chi connectivity index (χ0n) is 18.6. The van der Waals surface area contributed by atoms with Crippen molar-refractivity contribution < 1.29 is 9.59 Å². The number of nitrogens with zero attached hydrogens (tertiary/aromatic N) is 5. The van der Waals surface area contributed by atoms with Crippen molar-refractivity contribution in [1.29, 1.82) is 10.8 Å². The molecule has 5 rings (SSSR count). The summed E-state index contributed by atoms with van der Waals surface area (Å²) in [6, 6.07) is 14.0. The van der Waals surface area contributed by atoms with Gasteiger partial charge in [-0.15, -0.1) is 0 Å². The van der Waals surface area contributed by atoms with Gasteiger partial charge in [-0.2, -0.15) is 15.9 Å². The van der Waals surface area contributed by atoms with Gasteiger partial charge in [0.15, 0.2) is 0 Å². The van der Waals surface area contributed by atoms with Crippen LogP contribution < -0.4 is 10.7 Å². The molecule has 3 amide bonds. The SMILES string of the molecule is N#Cc1ccc(NC(=O)N2CCn3nc(-c4ccc(C5CC5)c(Cl)c4)c(C(=O)NN=N)c3C2)cc1. The Balaban J connectivity index is 1.44. The van der Waals surface area contributed by atoms with E-state index >= 15 is 0 Å². The van der Waals surface area contributed by atoms with Crippen LogP contribution in [0.2, 0.25) is 5.02 Å². The van der Waals surface area contributed by atoms with Crippen molar-refractivity contribution in [3.63, 3.8) is 0 Å². The number of aromatic nitrogens is 2. The van der Waals surface area contributed by atoms with Gasteiger partial charge < -0.3 is 10.2 Å². The second-order valence-corrected chi connectivity index (χ2v) is 8.90. The van der Waals surface area contributed by atoms with Crippen molar-refractivity contribution >= 4 is 29.2 Å². The predicted molar refractivity (Wildman–Crippen MR) is 128 cm³/mol. The maximum atomic E-state index is 12.9. The third-order valence-electron chi connectivity index (χ3n) is 6.21. The third kappa shape index (κ3) is 4.46. The second kappa shape index (κ2) is 9.19. The first-order valence-corrected chi connectivity index (χ1v) is 11.5. The molecular formula is C24H21ClN8O2. The number of amides is 3. The van der Waals surface area contributed by atoms with Crippen LogP contribution in [0.3, 0.4) is 0 Å². The van der Waals surface area contributed by atoms with Crippen LogP contribution in [0.25, 0.3) is 11.3 Å². The second-order valence-electron chi connectivity index (χ2n) is 8.50. The molecule has 1 aliphatic heterocycles. The molecule has 35 heavy (non-hydrogen) atoms. The van der Waals surface area contributed by atoms with Gasteiger partial charge in [-0.25, -0.2) is 10.2 Å². The van der Waals surface area contributed by atoms with Crippen LogP contribution in [0.15, 0.2) is 47.7 Å². The Labute approximate surface area is 206 Å². The zero-order valence-corrected chi connectivity index (χ0v) is 19.3. The highest BCUT2D eigenvalue weighted by Gasteiger charge is 2.31. The standard InChI is InChI=1S/C24H21ClN8O2/c25-19-11-16(5-8-18(19)15-3-4-15)22-21(23(34)29-31-27)20-13-32(9-10-33(20)30-22)24(35)28-17-6-1-14(12-26)2-7-17/h1-2,5-8,11,15H,3-4,9-10,13H2,(H,28,35)(H2,27,29,34). The van der Waals surface area contributed by atoms with Gasteiger partial charge in [-0.3, -0.25) is 9.48 Å². The van der Waals surface area contributed by atoms with Crippen molar-refractivity contribution in [3.05, 3.63) is 69.9 Å². The molecule has 1 aromatic heterocycles. The van der Waals surface area contributed by atoms with Gasteiger partial charge in [0, 0.05) is 22.8 Å². The summed E-state index contributed by atoms with van der Waals surface area (Å²) in [6.45, 7) is 0.924. The Bertz CT molecular complexity index is 1370. The zero-order chi connectivity index (χ0) is 24.5. The number of urea groups is 1. The number of fused-ring (bicyclic) bond motifs is 1. The molecule has 0 atom stereocenters. The first-order valence-electron chi connectivity index (χ1n) is 11.1. The minimum Gasteiger partial charge on any atom is -0.317 e. The van der Waals surface area contributed by atoms with Gasteiger partial charge in [0.1, 0.15) is 5.69 Å². The molecular weight excluding hydrogens is 468 g/mol. The summed E-state index contributed by atoms with van der Waals surface area (Å²) >= 11 is 6.53. The van der Waals surface area contributed by atoms with Gasteiger partial charge in [0.25, 0.3) is 5.91 Å². The molecule has 0 saturated heterocycles. The van der Waals surface area contributed by atoms with Crippen LogP contribution in [0, 0.1) is 16.9 Å². The first-order chi connectivity index (χ1) is 17.0. The van der Waals surface area contributed by atoms with E-state index in [1.165, 1.54) is 0 Å². The van der Waals surface area contributed by atoms with Gasteiger partial charge in [-0.1, -0.05) is 29.0 Å². The minimum absolute atomic E-state index is 0.143. The molecule has 1 saturated carbocycles. The van der Waals surface area contributed by atoms with Crippen LogP contribution in [-0.2, 0) is 13.1 Å². The molecule has 2 aliphatic rings. The Kier molecular flexibility index (Phi) is 5.93. The Morgan fingerprint density at radius 3 is 2.60 bits per heavy atom. The number of halogens is 1. The number of benzene rings is 2. The van der Waals surface area contributed by atoms with Gasteiger partial charge in [0.2, 0.25) is 0 Å². The molecule has 3 aromatic rings. The number of rotatable bonds is 5. The van der Waals surface area contributed by atoms with Crippen molar-refractivity contribution in [2.45, 2.75) is 31.8 Å². The largest absolute Gasteiger partial charge is 0.322 e. The minimum atomic E-state index is -0.576. The maximum absolute atomic E-state index is 12.9. The topological polar surface area (TPSA) is 139 Å². The van der Waals surface area contributed by atoms with Crippen LogP contribution in [-0.4, -0.2) is 33.2 Å². The lowest BCUT2D eigenvalue weighted by atomic mass is 10.0. The van der Waals surface area contributed by atoms with E-state index in [2.05, 4.69) is 21.1 Å². The fourth-order valence-electron chi connectivity index (χ4n) is 4.27. The van der Waals surface area contributed by atoms with Gasteiger partial charge in [-0.05, 0) is 54.7 Å². The normalized spacial score (nSPS) is 14.6. The lowest BCUT2D eigenvalue weighted by Gasteiger charge is -2.28. The van der Waals surface area contributed by atoms with E-state index in [0.29, 0.717) is 52.2 Å². The summed E-state index contributed by atoms with van der Waals surface area (Å²) in [5.41, 5.74) is 13.3. The Morgan fingerprint density at radius 1 is 1.17 bits per heavy atom. The van der Waals surface area contributed by atoms with E-state index < -0.39 is 5.91 Å². The smallest absolute Gasteiger partial charge is 0.317 e. The molecule has 3 N–H and O–H groups in total. The van der Waals surface area contributed by atoms with E-state index in [1.54, 1.807) is 33.8 Å². The Morgan fingerprint density at radius 2 is 1.94 bits per heavy atom. The van der Waals surface area contributed by atoms with Crippen LogP contribution in [0.4, 0.5) is 10.5 Å². The summed E-state index contributed by atoms with van der Waals surface area (Å²) < 4.78 is 1.71. The summed E-state index contributed by atoms with van der Waals surface area (Å²) in [5, 5.41) is 20.1. The number of nitrogens with one attached hydrogen (secondary N) is 3.